The summed E-state index contributed by atoms with van der Waals surface area (Å²) in [5.41, 5.74) is 1.68. The van der Waals surface area contributed by atoms with E-state index in [1.165, 1.54) is 11.3 Å². The number of amides is 1. The van der Waals surface area contributed by atoms with Crippen LogP contribution in [0.15, 0.2) is 64.7 Å². The molecule has 2 heterocycles. The van der Waals surface area contributed by atoms with Gasteiger partial charge in [0.2, 0.25) is 0 Å². The number of nitrogens with zero attached hydrogens (tertiary/aromatic N) is 1. The molecule has 1 N–H and O–H groups in total. The highest BCUT2D eigenvalue weighted by Gasteiger charge is 2.14. The van der Waals surface area contributed by atoms with Crippen LogP contribution in [0.3, 0.4) is 0 Å². The van der Waals surface area contributed by atoms with Crippen LogP contribution in [0.4, 0.5) is 5.69 Å². The molecule has 0 aliphatic carbocycles. The minimum absolute atomic E-state index is 0.0916. The lowest BCUT2D eigenvalue weighted by Crippen LogP contribution is -2.12. The topological polar surface area (TPSA) is 34.0 Å². The summed E-state index contributed by atoms with van der Waals surface area (Å²) in [5.74, 6) is -0.0916. The molecular weight excluding hydrogens is 336 g/mol. The number of benzene rings is 1. The van der Waals surface area contributed by atoms with Crippen LogP contribution < -0.4 is 5.32 Å². The number of hydrogen-bond acceptors (Lipinski definition) is 2. The van der Waals surface area contributed by atoms with Crippen molar-refractivity contribution in [1.29, 1.82) is 0 Å². The van der Waals surface area contributed by atoms with E-state index >= 15 is 0 Å². The van der Waals surface area contributed by atoms with Gasteiger partial charge in [0.25, 0.3) is 5.91 Å². The predicted molar refractivity (Wildman–Crippen MR) is 85.7 cm³/mol. The molecule has 1 amide bonds. The van der Waals surface area contributed by atoms with Crippen molar-refractivity contribution in [3.05, 3.63) is 69.6 Å². The van der Waals surface area contributed by atoms with Crippen molar-refractivity contribution >= 4 is 38.9 Å². The molecule has 3 rings (SSSR count). The highest BCUT2D eigenvalue weighted by Crippen LogP contribution is 2.23. The Morgan fingerprint density at radius 1 is 1.10 bits per heavy atom. The molecule has 3 nitrogen and oxygen atoms in total. The molecule has 0 saturated heterocycles. The molecule has 0 aliphatic heterocycles. The first-order chi connectivity index (χ1) is 9.74. The number of hydrogen-bond donors (Lipinski definition) is 1. The highest BCUT2D eigenvalue weighted by atomic mass is 79.9. The third kappa shape index (κ3) is 2.69. The zero-order valence-electron chi connectivity index (χ0n) is 10.4. The molecule has 0 aliphatic rings. The first kappa shape index (κ1) is 13.1. The second-order valence-corrected chi connectivity index (χ2v) is 6.02. The summed E-state index contributed by atoms with van der Waals surface area (Å²) in [4.78, 5) is 13.0. The summed E-state index contributed by atoms with van der Waals surface area (Å²) < 4.78 is 2.92. The SMILES string of the molecule is O=C(Nc1ccc(Br)cc1)c1sccc1-n1cccc1. The third-order valence-corrected chi connectivity index (χ3v) is 4.27. The normalized spacial score (nSPS) is 10.4. The van der Waals surface area contributed by atoms with Gasteiger partial charge in [-0.1, -0.05) is 15.9 Å². The van der Waals surface area contributed by atoms with E-state index in [1.54, 1.807) is 0 Å². The first-order valence-corrected chi connectivity index (χ1v) is 7.69. The van der Waals surface area contributed by atoms with E-state index in [-0.39, 0.29) is 5.91 Å². The Kier molecular flexibility index (Phi) is 3.71. The molecule has 100 valence electrons. The Labute approximate surface area is 129 Å². The standard InChI is InChI=1S/C15H11BrN2OS/c16-11-3-5-12(6-4-11)17-15(19)14-13(7-10-20-14)18-8-1-2-9-18/h1-10H,(H,17,19). The van der Waals surface area contributed by atoms with E-state index in [0.29, 0.717) is 4.88 Å². The summed E-state index contributed by atoms with van der Waals surface area (Å²) >= 11 is 4.81. The molecule has 1 aromatic carbocycles. The fourth-order valence-corrected chi connectivity index (χ4v) is 2.94. The van der Waals surface area contributed by atoms with Gasteiger partial charge < -0.3 is 9.88 Å². The second kappa shape index (κ2) is 5.64. The van der Waals surface area contributed by atoms with Crippen LogP contribution in [0.25, 0.3) is 5.69 Å². The largest absolute Gasteiger partial charge is 0.322 e. The predicted octanol–water partition coefficient (Wildman–Crippen LogP) is 4.55. The van der Waals surface area contributed by atoms with Gasteiger partial charge in [0.1, 0.15) is 4.88 Å². The number of carbonyl (C=O) groups excluding carboxylic acids is 1. The van der Waals surface area contributed by atoms with E-state index in [0.717, 1.165) is 15.8 Å². The zero-order chi connectivity index (χ0) is 13.9. The molecule has 0 radical (unpaired) electrons. The van der Waals surface area contributed by atoms with Gasteiger partial charge in [-0.15, -0.1) is 11.3 Å². The van der Waals surface area contributed by atoms with E-state index < -0.39 is 0 Å². The molecule has 0 spiro atoms. The lowest BCUT2D eigenvalue weighted by molar-refractivity contribution is 0.103. The smallest absolute Gasteiger partial charge is 0.267 e. The van der Waals surface area contributed by atoms with Crippen LogP contribution >= 0.6 is 27.3 Å². The van der Waals surface area contributed by atoms with Crippen LogP contribution in [0, 0.1) is 0 Å². The Morgan fingerprint density at radius 3 is 2.50 bits per heavy atom. The van der Waals surface area contributed by atoms with Crippen LogP contribution in [-0.4, -0.2) is 10.5 Å². The molecular formula is C15H11BrN2OS. The minimum atomic E-state index is -0.0916. The number of halogens is 1. The number of rotatable bonds is 3. The molecule has 2 aromatic heterocycles. The number of carbonyl (C=O) groups is 1. The highest BCUT2D eigenvalue weighted by molar-refractivity contribution is 9.10. The summed E-state index contributed by atoms with van der Waals surface area (Å²) in [6.45, 7) is 0. The average molecular weight is 347 g/mol. The first-order valence-electron chi connectivity index (χ1n) is 6.02. The van der Waals surface area contributed by atoms with E-state index in [4.69, 9.17) is 0 Å². The average Bonchev–Trinajstić information content (AvgIpc) is 3.11. The second-order valence-electron chi connectivity index (χ2n) is 4.19. The molecule has 0 fully saturated rings. The zero-order valence-corrected chi connectivity index (χ0v) is 12.8. The lowest BCUT2D eigenvalue weighted by atomic mass is 10.3. The van der Waals surface area contributed by atoms with Crippen molar-refractivity contribution in [2.75, 3.05) is 5.32 Å². The molecule has 0 saturated carbocycles. The fraction of sp³-hybridized carbons (Fsp3) is 0. The Hall–Kier alpha value is -1.85. The molecule has 0 atom stereocenters. The van der Waals surface area contributed by atoms with Crippen LogP contribution in [0.1, 0.15) is 9.67 Å². The quantitative estimate of drug-likeness (QED) is 0.741. The Bertz CT molecular complexity index is 717. The molecule has 0 unspecified atom stereocenters. The van der Waals surface area contributed by atoms with Gasteiger partial charge in [-0.2, -0.15) is 0 Å². The van der Waals surface area contributed by atoms with Crippen molar-refractivity contribution in [3.8, 4) is 5.69 Å². The molecule has 3 aromatic rings. The number of nitrogens with one attached hydrogen (secondary N) is 1. The molecule has 0 bridgehead atoms. The third-order valence-electron chi connectivity index (χ3n) is 2.84. The van der Waals surface area contributed by atoms with Gasteiger partial charge in [0.05, 0.1) is 5.69 Å². The van der Waals surface area contributed by atoms with E-state index in [9.17, 15) is 4.79 Å². The van der Waals surface area contributed by atoms with Gasteiger partial charge in [-0.05, 0) is 47.8 Å². The monoisotopic (exact) mass is 346 g/mol. The van der Waals surface area contributed by atoms with Crippen molar-refractivity contribution in [3.63, 3.8) is 0 Å². The van der Waals surface area contributed by atoms with Crippen molar-refractivity contribution < 1.29 is 4.79 Å². The maximum absolute atomic E-state index is 12.4. The fourth-order valence-electron chi connectivity index (χ4n) is 1.89. The Balaban J connectivity index is 1.85. The Morgan fingerprint density at radius 2 is 1.80 bits per heavy atom. The van der Waals surface area contributed by atoms with Gasteiger partial charge in [0, 0.05) is 22.6 Å². The van der Waals surface area contributed by atoms with E-state index in [2.05, 4.69) is 21.2 Å². The summed E-state index contributed by atoms with van der Waals surface area (Å²) in [7, 11) is 0. The van der Waals surface area contributed by atoms with Crippen molar-refractivity contribution in [2.24, 2.45) is 0 Å². The summed E-state index contributed by atoms with van der Waals surface area (Å²) in [6.07, 6.45) is 3.86. The van der Waals surface area contributed by atoms with Crippen molar-refractivity contribution in [1.82, 2.24) is 4.57 Å². The van der Waals surface area contributed by atoms with E-state index in [1.807, 2.05) is 64.8 Å². The van der Waals surface area contributed by atoms with Crippen molar-refractivity contribution in [2.45, 2.75) is 0 Å². The molecule has 20 heavy (non-hydrogen) atoms. The van der Waals surface area contributed by atoms with Crippen LogP contribution in [0.2, 0.25) is 0 Å². The van der Waals surface area contributed by atoms with Gasteiger partial charge >= 0.3 is 0 Å². The number of anilines is 1. The number of thiophene rings is 1. The lowest BCUT2D eigenvalue weighted by Gasteiger charge is -2.07. The molecule has 5 heteroatoms. The van der Waals surface area contributed by atoms with Gasteiger partial charge in [0.15, 0.2) is 0 Å². The number of aromatic nitrogens is 1. The summed E-state index contributed by atoms with van der Waals surface area (Å²) in [5, 5.41) is 4.83. The maximum Gasteiger partial charge on any atom is 0.267 e. The minimum Gasteiger partial charge on any atom is -0.322 e. The van der Waals surface area contributed by atoms with Crippen LogP contribution in [-0.2, 0) is 0 Å². The summed E-state index contributed by atoms with van der Waals surface area (Å²) in [6, 6.07) is 13.4. The maximum atomic E-state index is 12.4. The van der Waals surface area contributed by atoms with Gasteiger partial charge in [-0.3, -0.25) is 4.79 Å². The van der Waals surface area contributed by atoms with Crippen LogP contribution in [0.5, 0.6) is 0 Å². The van der Waals surface area contributed by atoms with Gasteiger partial charge in [-0.25, -0.2) is 0 Å².